The van der Waals surface area contributed by atoms with Gasteiger partial charge in [-0.2, -0.15) is 0 Å². The van der Waals surface area contributed by atoms with E-state index in [0.717, 1.165) is 18.2 Å². The van der Waals surface area contributed by atoms with Crippen LogP contribution in [0.4, 0.5) is 8.78 Å². The van der Waals surface area contributed by atoms with Crippen molar-refractivity contribution in [3.05, 3.63) is 35.4 Å². The number of nitrogens with one attached hydrogen (secondary N) is 1. The fraction of sp³-hybridized carbons (Fsp3) is 0.333. The number of aliphatic carboxylic acids is 1. The van der Waals surface area contributed by atoms with Gasteiger partial charge in [0.25, 0.3) is 0 Å². The molecule has 0 spiro atoms. The van der Waals surface area contributed by atoms with Crippen molar-refractivity contribution in [3.63, 3.8) is 0 Å². The molecule has 1 amide bonds. The Kier molecular flexibility index (Phi) is 5.37. The molecular formula is C12H14F2N2O3. The van der Waals surface area contributed by atoms with Gasteiger partial charge >= 0.3 is 5.97 Å². The van der Waals surface area contributed by atoms with Gasteiger partial charge in [-0.25, -0.2) is 8.78 Å². The fourth-order valence-electron chi connectivity index (χ4n) is 1.50. The second kappa shape index (κ2) is 6.79. The Labute approximate surface area is 108 Å². The van der Waals surface area contributed by atoms with Crippen LogP contribution in [0.15, 0.2) is 18.2 Å². The number of carboxylic acid groups (broad SMARTS) is 1. The van der Waals surface area contributed by atoms with Crippen molar-refractivity contribution in [3.8, 4) is 0 Å². The average Bonchev–Trinajstić information content (AvgIpc) is 2.26. The number of halogens is 2. The van der Waals surface area contributed by atoms with E-state index in [1.807, 2.05) is 0 Å². The van der Waals surface area contributed by atoms with Crippen LogP contribution in [0.5, 0.6) is 0 Å². The first-order chi connectivity index (χ1) is 8.88. The maximum atomic E-state index is 12.9. The third-order valence-corrected chi connectivity index (χ3v) is 2.37. The van der Waals surface area contributed by atoms with Crippen molar-refractivity contribution in [2.45, 2.75) is 18.9 Å². The lowest BCUT2D eigenvalue weighted by molar-refractivity contribution is -0.139. The summed E-state index contributed by atoms with van der Waals surface area (Å²) in [6.45, 7) is 0.120. The minimum atomic E-state index is -1.17. The molecule has 5 nitrogen and oxygen atoms in total. The highest BCUT2D eigenvalue weighted by Crippen LogP contribution is 2.08. The number of carbonyl (C=O) groups is 2. The lowest BCUT2D eigenvalue weighted by Crippen LogP contribution is -2.42. The maximum absolute atomic E-state index is 12.9. The van der Waals surface area contributed by atoms with E-state index in [4.69, 9.17) is 10.8 Å². The average molecular weight is 272 g/mol. The summed E-state index contributed by atoms with van der Waals surface area (Å²) in [5.41, 5.74) is 5.73. The zero-order chi connectivity index (χ0) is 14.4. The second-order valence-corrected chi connectivity index (χ2v) is 4.02. The van der Waals surface area contributed by atoms with E-state index in [1.54, 1.807) is 0 Å². The number of amides is 1. The summed E-state index contributed by atoms with van der Waals surface area (Å²) >= 11 is 0. The normalized spacial score (nSPS) is 11.9. The van der Waals surface area contributed by atoms with Crippen LogP contribution in [-0.4, -0.2) is 29.6 Å². The molecule has 1 aromatic carbocycles. The number of rotatable bonds is 6. The summed E-state index contributed by atoms with van der Waals surface area (Å²) in [6, 6.07) is 1.94. The molecule has 0 aliphatic heterocycles. The van der Waals surface area contributed by atoms with E-state index in [0.29, 0.717) is 5.56 Å². The van der Waals surface area contributed by atoms with Gasteiger partial charge in [-0.15, -0.1) is 0 Å². The minimum absolute atomic E-state index is 0.120. The van der Waals surface area contributed by atoms with E-state index >= 15 is 0 Å². The number of nitrogens with two attached hydrogens (primary N) is 1. The first-order valence-corrected chi connectivity index (χ1v) is 5.58. The molecule has 0 fully saturated rings. The first kappa shape index (κ1) is 15.0. The van der Waals surface area contributed by atoms with Crippen LogP contribution in [-0.2, 0) is 16.0 Å². The number of hydrogen-bond donors (Lipinski definition) is 3. The molecule has 1 aromatic rings. The minimum Gasteiger partial charge on any atom is -0.481 e. The van der Waals surface area contributed by atoms with Crippen molar-refractivity contribution >= 4 is 11.9 Å². The first-order valence-electron chi connectivity index (χ1n) is 5.58. The summed E-state index contributed by atoms with van der Waals surface area (Å²) in [5.74, 6) is -3.16. The molecule has 0 saturated carbocycles. The van der Waals surface area contributed by atoms with Crippen molar-refractivity contribution in [2.75, 3.05) is 6.54 Å². The van der Waals surface area contributed by atoms with Crippen molar-refractivity contribution < 1.29 is 23.5 Å². The molecule has 104 valence electrons. The lowest BCUT2D eigenvalue weighted by Gasteiger charge is -2.10. The Hall–Kier alpha value is -2.02. The molecule has 1 unspecified atom stereocenters. The monoisotopic (exact) mass is 272 g/mol. The molecule has 19 heavy (non-hydrogen) atoms. The highest BCUT2D eigenvalue weighted by molar-refractivity contribution is 5.85. The van der Waals surface area contributed by atoms with Crippen LogP contribution < -0.4 is 11.1 Å². The SMILES string of the molecule is NC(CC(=O)O)C(=O)NCCc1cc(F)cc(F)c1. The Morgan fingerprint density at radius 3 is 2.37 bits per heavy atom. The zero-order valence-electron chi connectivity index (χ0n) is 10.0. The third-order valence-electron chi connectivity index (χ3n) is 2.37. The highest BCUT2D eigenvalue weighted by atomic mass is 19.1. The molecule has 0 heterocycles. The van der Waals surface area contributed by atoms with E-state index in [-0.39, 0.29) is 13.0 Å². The van der Waals surface area contributed by atoms with Gasteiger partial charge in [0.1, 0.15) is 11.6 Å². The molecule has 4 N–H and O–H groups in total. The summed E-state index contributed by atoms with van der Waals surface area (Å²) < 4.78 is 25.7. The summed E-state index contributed by atoms with van der Waals surface area (Å²) in [7, 11) is 0. The summed E-state index contributed by atoms with van der Waals surface area (Å²) in [6.07, 6.45) is -0.249. The Bertz CT molecular complexity index is 460. The van der Waals surface area contributed by atoms with Crippen molar-refractivity contribution in [1.29, 1.82) is 0 Å². The molecule has 1 rings (SSSR count). The third kappa shape index (κ3) is 5.43. The van der Waals surface area contributed by atoms with Crippen molar-refractivity contribution in [1.82, 2.24) is 5.32 Å². The predicted molar refractivity (Wildman–Crippen MR) is 63.3 cm³/mol. The van der Waals surface area contributed by atoms with Crippen LogP contribution in [0.2, 0.25) is 0 Å². The van der Waals surface area contributed by atoms with E-state index in [2.05, 4.69) is 5.32 Å². The standard InChI is InChI=1S/C12H14F2N2O3/c13-8-3-7(4-9(14)5-8)1-2-16-12(19)10(15)6-11(17)18/h3-5,10H,1-2,6,15H2,(H,16,19)(H,17,18). The number of carbonyl (C=O) groups excluding carboxylic acids is 1. The van der Waals surface area contributed by atoms with E-state index in [9.17, 15) is 18.4 Å². The highest BCUT2D eigenvalue weighted by Gasteiger charge is 2.16. The van der Waals surface area contributed by atoms with Crippen LogP contribution in [0.25, 0.3) is 0 Å². The topological polar surface area (TPSA) is 92.4 Å². The second-order valence-electron chi connectivity index (χ2n) is 4.02. The van der Waals surface area contributed by atoms with Crippen LogP contribution in [0.3, 0.4) is 0 Å². The van der Waals surface area contributed by atoms with Gasteiger partial charge in [-0.05, 0) is 24.1 Å². The van der Waals surface area contributed by atoms with Gasteiger partial charge < -0.3 is 16.2 Å². The predicted octanol–water partition coefficient (Wildman–Crippen LogP) is 0.425. The molecule has 0 aliphatic carbocycles. The van der Waals surface area contributed by atoms with Crippen LogP contribution >= 0.6 is 0 Å². The van der Waals surface area contributed by atoms with E-state index in [1.165, 1.54) is 0 Å². The van der Waals surface area contributed by atoms with Crippen molar-refractivity contribution in [2.24, 2.45) is 5.73 Å². The molecule has 1 atom stereocenters. The van der Waals surface area contributed by atoms with Gasteiger partial charge in [0.05, 0.1) is 12.5 Å². The molecule has 7 heteroatoms. The molecule has 0 saturated heterocycles. The smallest absolute Gasteiger partial charge is 0.305 e. The van der Waals surface area contributed by atoms with E-state index < -0.39 is 36.0 Å². The van der Waals surface area contributed by atoms with Gasteiger partial charge in [0.15, 0.2) is 0 Å². The van der Waals surface area contributed by atoms with Gasteiger partial charge in [0.2, 0.25) is 5.91 Å². The molecule has 0 radical (unpaired) electrons. The summed E-state index contributed by atoms with van der Waals surface area (Å²) in [5, 5.41) is 10.9. The van der Waals surface area contributed by atoms with Crippen LogP contribution in [0, 0.1) is 11.6 Å². The lowest BCUT2D eigenvalue weighted by atomic mass is 10.1. The zero-order valence-corrected chi connectivity index (χ0v) is 10.0. The molecule has 0 aromatic heterocycles. The largest absolute Gasteiger partial charge is 0.481 e. The summed E-state index contributed by atoms with van der Waals surface area (Å²) in [4.78, 5) is 21.7. The number of benzene rings is 1. The van der Waals surface area contributed by atoms with Gasteiger partial charge in [-0.1, -0.05) is 0 Å². The maximum Gasteiger partial charge on any atom is 0.305 e. The Balaban J connectivity index is 2.41. The Morgan fingerprint density at radius 1 is 1.26 bits per heavy atom. The quantitative estimate of drug-likeness (QED) is 0.700. The number of carboxylic acids is 1. The number of hydrogen-bond acceptors (Lipinski definition) is 3. The van der Waals surface area contributed by atoms with Gasteiger partial charge in [0, 0.05) is 12.6 Å². The Morgan fingerprint density at radius 2 is 1.84 bits per heavy atom. The fourth-order valence-corrected chi connectivity index (χ4v) is 1.50. The van der Waals surface area contributed by atoms with Crippen LogP contribution in [0.1, 0.15) is 12.0 Å². The van der Waals surface area contributed by atoms with Gasteiger partial charge in [-0.3, -0.25) is 9.59 Å². The molecular weight excluding hydrogens is 258 g/mol. The molecule has 0 bridgehead atoms. The molecule has 0 aliphatic rings.